The van der Waals surface area contributed by atoms with Crippen LogP contribution in [0.4, 0.5) is 10.1 Å². The summed E-state index contributed by atoms with van der Waals surface area (Å²) in [6.45, 7) is 2.40. The van der Waals surface area contributed by atoms with Crippen molar-refractivity contribution >= 4 is 17.5 Å². The van der Waals surface area contributed by atoms with Crippen molar-refractivity contribution in [1.82, 2.24) is 4.90 Å². The summed E-state index contributed by atoms with van der Waals surface area (Å²) in [5, 5.41) is 0. The van der Waals surface area contributed by atoms with Gasteiger partial charge in [0, 0.05) is 32.1 Å². The Labute approximate surface area is 158 Å². The summed E-state index contributed by atoms with van der Waals surface area (Å²) in [4.78, 5) is 28.4. The minimum Gasteiger partial charge on any atom is -0.495 e. The number of carbonyl (C=O) groups excluding carboxylic acids is 2. The van der Waals surface area contributed by atoms with Crippen LogP contribution < -0.4 is 9.64 Å². The van der Waals surface area contributed by atoms with E-state index < -0.39 is 5.92 Å². The Morgan fingerprint density at radius 2 is 2.04 bits per heavy atom. The number of anilines is 1. The Kier molecular flexibility index (Phi) is 5.44. The van der Waals surface area contributed by atoms with Gasteiger partial charge in [0.2, 0.25) is 11.8 Å². The van der Waals surface area contributed by atoms with Gasteiger partial charge < -0.3 is 14.5 Å². The topological polar surface area (TPSA) is 49.9 Å². The Balaban J connectivity index is 1.74. The molecule has 6 heteroatoms. The molecule has 3 rings (SSSR count). The molecule has 1 unspecified atom stereocenters. The maximum absolute atomic E-state index is 13.8. The molecule has 142 valence electrons. The molecule has 0 bridgehead atoms. The first kappa shape index (κ1) is 18.9. The lowest BCUT2D eigenvalue weighted by molar-refractivity contribution is -0.135. The largest absolute Gasteiger partial charge is 0.495 e. The first-order valence-electron chi connectivity index (χ1n) is 8.84. The maximum Gasteiger partial charge on any atom is 0.228 e. The van der Waals surface area contributed by atoms with Gasteiger partial charge in [0.25, 0.3) is 0 Å². The van der Waals surface area contributed by atoms with Gasteiger partial charge in [-0.1, -0.05) is 24.3 Å². The van der Waals surface area contributed by atoms with Crippen LogP contribution in [0.5, 0.6) is 5.75 Å². The van der Waals surface area contributed by atoms with Crippen molar-refractivity contribution in [3.8, 4) is 5.75 Å². The van der Waals surface area contributed by atoms with E-state index in [1.54, 1.807) is 37.3 Å². The van der Waals surface area contributed by atoms with Crippen LogP contribution in [0.25, 0.3) is 0 Å². The van der Waals surface area contributed by atoms with E-state index >= 15 is 0 Å². The molecule has 0 radical (unpaired) electrons. The Hall–Kier alpha value is -2.89. The average molecular weight is 370 g/mol. The number of carbonyl (C=O) groups is 2. The molecule has 5 nitrogen and oxygen atoms in total. The molecule has 0 N–H and O–H groups in total. The normalized spacial score (nSPS) is 16.5. The zero-order chi connectivity index (χ0) is 19.6. The first-order valence-corrected chi connectivity index (χ1v) is 8.84. The highest BCUT2D eigenvalue weighted by Gasteiger charge is 2.37. The molecule has 1 atom stereocenters. The molecular formula is C21H23FN2O3. The quantitative estimate of drug-likeness (QED) is 0.812. The minimum atomic E-state index is -0.459. The number of hydrogen-bond donors (Lipinski definition) is 0. The van der Waals surface area contributed by atoms with Crippen LogP contribution in [0.1, 0.15) is 17.5 Å². The average Bonchev–Trinajstić information content (AvgIpc) is 3.04. The van der Waals surface area contributed by atoms with Crippen LogP contribution in [0.2, 0.25) is 0 Å². The smallest absolute Gasteiger partial charge is 0.228 e. The van der Waals surface area contributed by atoms with Crippen LogP contribution in [0.3, 0.4) is 0 Å². The van der Waals surface area contributed by atoms with Crippen molar-refractivity contribution in [2.45, 2.75) is 19.9 Å². The lowest BCUT2D eigenvalue weighted by Gasteiger charge is -2.23. The number of amides is 2. The fourth-order valence-corrected chi connectivity index (χ4v) is 3.39. The highest BCUT2D eigenvalue weighted by Crippen LogP contribution is 2.34. The highest BCUT2D eigenvalue weighted by atomic mass is 19.1. The molecular weight excluding hydrogens is 347 g/mol. The van der Waals surface area contributed by atoms with Gasteiger partial charge in [0.1, 0.15) is 11.6 Å². The molecule has 0 aliphatic carbocycles. The van der Waals surface area contributed by atoms with Gasteiger partial charge in [-0.15, -0.1) is 0 Å². The predicted octanol–water partition coefficient (Wildman–Crippen LogP) is 3.15. The third-order valence-corrected chi connectivity index (χ3v) is 4.84. The molecule has 1 heterocycles. The van der Waals surface area contributed by atoms with Gasteiger partial charge in [0.15, 0.2) is 0 Å². The molecule has 2 amide bonds. The highest BCUT2D eigenvalue weighted by molar-refractivity contribution is 6.01. The van der Waals surface area contributed by atoms with Gasteiger partial charge in [-0.25, -0.2) is 4.39 Å². The van der Waals surface area contributed by atoms with E-state index in [1.807, 2.05) is 25.1 Å². The molecule has 2 aromatic carbocycles. The number of nitrogens with zero attached hydrogens (tertiary/aromatic N) is 2. The third kappa shape index (κ3) is 3.94. The van der Waals surface area contributed by atoms with Crippen LogP contribution in [-0.2, 0) is 16.1 Å². The van der Waals surface area contributed by atoms with Crippen molar-refractivity contribution in [2.24, 2.45) is 5.92 Å². The molecule has 0 saturated carbocycles. The summed E-state index contributed by atoms with van der Waals surface area (Å²) >= 11 is 0. The third-order valence-electron chi connectivity index (χ3n) is 4.84. The molecule has 1 saturated heterocycles. The molecule has 1 aliphatic heterocycles. The zero-order valence-electron chi connectivity index (χ0n) is 15.7. The number of ether oxygens (including phenoxy) is 1. The number of halogens is 1. The van der Waals surface area contributed by atoms with E-state index in [2.05, 4.69) is 0 Å². The lowest BCUT2D eigenvalue weighted by atomic mass is 10.1. The number of aryl methyl sites for hydroxylation is 1. The van der Waals surface area contributed by atoms with Crippen LogP contribution in [0, 0.1) is 18.7 Å². The molecule has 0 aromatic heterocycles. The van der Waals surface area contributed by atoms with E-state index in [1.165, 1.54) is 11.0 Å². The first-order chi connectivity index (χ1) is 12.9. The van der Waals surface area contributed by atoms with Gasteiger partial charge >= 0.3 is 0 Å². The second kappa shape index (κ2) is 7.78. The summed E-state index contributed by atoms with van der Waals surface area (Å²) in [5.41, 5.74) is 2.13. The Bertz CT molecular complexity index is 868. The van der Waals surface area contributed by atoms with Gasteiger partial charge in [0.05, 0.1) is 18.7 Å². The summed E-state index contributed by atoms with van der Waals surface area (Å²) in [6.07, 6.45) is 0.136. The van der Waals surface area contributed by atoms with Crippen LogP contribution in [-0.4, -0.2) is 37.4 Å². The van der Waals surface area contributed by atoms with E-state index in [0.29, 0.717) is 23.5 Å². The van der Waals surface area contributed by atoms with Crippen molar-refractivity contribution in [3.63, 3.8) is 0 Å². The maximum atomic E-state index is 13.8. The molecule has 2 aromatic rings. The Morgan fingerprint density at radius 1 is 1.30 bits per heavy atom. The van der Waals surface area contributed by atoms with Crippen LogP contribution >= 0.6 is 0 Å². The number of benzene rings is 2. The number of rotatable bonds is 5. The van der Waals surface area contributed by atoms with E-state index in [9.17, 15) is 14.0 Å². The molecule has 1 aliphatic rings. The molecule has 1 fully saturated rings. The standard InChI is InChI=1S/C21H23FN2O3/c1-14-8-9-19(27-3)18(10-14)24-13-16(11-20(24)25)21(26)23(2)12-15-6-4-5-7-17(15)22/h4-10,16H,11-13H2,1-3H3. The van der Waals surface area contributed by atoms with Crippen LogP contribution in [0.15, 0.2) is 42.5 Å². The zero-order valence-corrected chi connectivity index (χ0v) is 15.7. The lowest BCUT2D eigenvalue weighted by Crippen LogP contribution is -2.34. The summed E-state index contributed by atoms with van der Waals surface area (Å²) in [7, 11) is 3.19. The van der Waals surface area contributed by atoms with Crippen molar-refractivity contribution < 1.29 is 18.7 Å². The fourth-order valence-electron chi connectivity index (χ4n) is 3.39. The predicted molar refractivity (Wildman–Crippen MR) is 101 cm³/mol. The molecule has 0 spiro atoms. The SMILES string of the molecule is COc1ccc(C)cc1N1CC(C(=O)N(C)Cc2ccccc2F)CC1=O. The minimum absolute atomic E-state index is 0.114. The van der Waals surface area contributed by atoms with E-state index in [4.69, 9.17) is 4.74 Å². The van der Waals surface area contributed by atoms with Gasteiger partial charge in [-0.05, 0) is 30.7 Å². The van der Waals surface area contributed by atoms with Gasteiger partial charge in [-0.2, -0.15) is 0 Å². The summed E-state index contributed by atoms with van der Waals surface area (Å²) in [6, 6.07) is 12.0. The van der Waals surface area contributed by atoms with E-state index in [-0.39, 0.29) is 30.6 Å². The van der Waals surface area contributed by atoms with Crippen molar-refractivity contribution in [1.29, 1.82) is 0 Å². The fraction of sp³-hybridized carbons (Fsp3) is 0.333. The summed E-state index contributed by atoms with van der Waals surface area (Å²) < 4.78 is 19.2. The number of hydrogen-bond acceptors (Lipinski definition) is 3. The second-order valence-electron chi connectivity index (χ2n) is 6.87. The van der Waals surface area contributed by atoms with E-state index in [0.717, 1.165) is 5.56 Å². The summed E-state index contributed by atoms with van der Waals surface area (Å²) in [5.74, 6) is -0.482. The monoisotopic (exact) mass is 370 g/mol. The number of methoxy groups -OCH3 is 1. The van der Waals surface area contributed by atoms with Crippen molar-refractivity contribution in [3.05, 3.63) is 59.4 Å². The van der Waals surface area contributed by atoms with Gasteiger partial charge in [-0.3, -0.25) is 9.59 Å². The Morgan fingerprint density at radius 3 is 2.74 bits per heavy atom. The van der Waals surface area contributed by atoms with Crippen molar-refractivity contribution in [2.75, 3.05) is 25.6 Å². The molecule has 27 heavy (non-hydrogen) atoms. The second-order valence-corrected chi connectivity index (χ2v) is 6.87.